The van der Waals surface area contributed by atoms with E-state index in [9.17, 15) is 0 Å². The van der Waals surface area contributed by atoms with Crippen molar-refractivity contribution < 1.29 is 0 Å². The molecule has 12 heavy (non-hydrogen) atoms. The van der Waals surface area contributed by atoms with Gasteiger partial charge in [-0.15, -0.1) is 30.7 Å². The van der Waals surface area contributed by atoms with E-state index in [0.29, 0.717) is 0 Å². The summed E-state index contributed by atoms with van der Waals surface area (Å²) in [4.78, 5) is 0. The van der Waals surface area contributed by atoms with Crippen LogP contribution >= 0.6 is 0 Å². The van der Waals surface area contributed by atoms with Crippen LogP contribution in [0.15, 0.2) is 51.6 Å². The first-order valence-corrected chi connectivity index (χ1v) is 2.99. The Bertz CT molecular complexity index is 309. The largest absolute Gasteiger partial charge is 0.373 e. The van der Waals surface area contributed by atoms with Crippen LogP contribution in [-0.2, 0) is 0 Å². The summed E-state index contributed by atoms with van der Waals surface area (Å²) in [6, 6.07) is 0. The fourth-order valence-corrected chi connectivity index (χ4v) is 0.947. The highest BCUT2D eigenvalue weighted by Gasteiger charge is 2.67. The first kappa shape index (κ1) is 5.62. The molecule has 58 valence electrons. The van der Waals surface area contributed by atoms with E-state index in [1.54, 1.807) is 0 Å². The Morgan fingerprint density at radius 1 is 0.417 bits per heavy atom. The van der Waals surface area contributed by atoms with E-state index in [2.05, 4.69) is 51.6 Å². The molecule has 0 bridgehead atoms. The third-order valence-electron chi connectivity index (χ3n) is 1.60. The maximum atomic E-state index is 3.63. The molecule has 3 aliphatic heterocycles. The Kier molecular flexibility index (Phi) is 0.675. The standard InChI is InChI=1S/C2N10/c3-1(5-9-10-6-1)2(4-3)7-11-12-8-2. The summed E-state index contributed by atoms with van der Waals surface area (Å²) >= 11 is 0. The maximum absolute atomic E-state index is 3.63. The monoisotopic (exact) mass is 164 g/mol. The van der Waals surface area contributed by atoms with Crippen molar-refractivity contribution in [1.29, 1.82) is 0 Å². The molecule has 0 atom stereocenters. The Morgan fingerprint density at radius 2 is 0.750 bits per heavy atom. The van der Waals surface area contributed by atoms with Crippen LogP contribution in [0.5, 0.6) is 0 Å². The van der Waals surface area contributed by atoms with E-state index in [-0.39, 0.29) is 0 Å². The fourth-order valence-electron chi connectivity index (χ4n) is 0.947. The third kappa shape index (κ3) is 0.383. The summed E-state index contributed by atoms with van der Waals surface area (Å²) in [5, 5.41) is 35.0. The van der Waals surface area contributed by atoms with Crippen molar-refractivity contribution in [2.45, 2.75) is 11.6 Å². The van der Waals surface area contributed by atoms with Gasteiger partial charge in [-0.05, 0) is 20.9 Å². The molecule has 0 radical (unpaired) electrons. The summed E-state index contributed by atoms with van der Waals surface area (Å²) in [7, 11) is 0. The van der Waals surface area contributed by atoms with Crippen LogP contribution in [0.2, 0.25) is 0 Å². The maximum Gasteiger partial charge on any atom is 0.373 e. The van der Waals surface area contributed by atoms with Gasteiger partial charge in [-0.3, -0.25) is 0 Å². The van der Waals surface area contributed by atoms with Crippen molar-refractivity contribution in [2.75, 3.05) is 0 Å². The van der Waals surface area contributed by atoms with Gasteiger partial charge < -0.3 is 0 Å². The Morgan fingerprint density at radius 3 is 1.00 bits per heavy atom. The molecule has 3 rings (SSSR count). The van der Waals surface area contributed by atoms with Crippen LogP contribution in [0.3, 0.4) is 0 Å². The van der Waals surface area contributed by atoms with E-state index in [1.807, 2.05) is 0 Å². The molecule has 10 heteroatoms. The molecule has 0 fully saturated rings. The second-order valence-electron chi connectivity index (χ2n) is 2.23. The minimum absolute atomic E-state index is 1.25. The zero-order valence-electron chi connectivity index (χ0n) is 5.47. The molecule has 10 nitrogen and oxygen atoms in total. The molecule has 0 unspecified atom stereocenters. The van der Waals surface area contributed by atoms with E-state index in [1.165, 1.54) is 0 Å². The van der Waals surface area contributed by atoms with Crippen LogP contribution in [-0.4, -0.2) is 11.6 Å². The molecule has 0 N–H and O–H groups in total. The molecular formula is C2N10. The molecule has 0 amide bonds. The number of hydrogen-bond acceptors (Lipinski definition) is 10. The lowest BCUT2D eigenvalue weighted by atomic mass is 10.2. The van der Waals surface area contributed by atoms with Gasteiger partial charge in [0.25, 0.3) is 0 Å². The van der Waals surface area contributed by atoms with Gasteiger partial charge in [0.2, 0.25) is 0 Å². The second-order valence-corrected chi connectivity index (χ2v) is 2.23. The molecule has 3 aliphatic rings. The number of azo groups is 1. The minimum Gasteiger partial charge on any atom is -0.123 e. The topological polar surface area (TPSA) is 124 Å². The van der Waals surface area contributed by atoms with Crippen LogP contribution in [0.4, 0.5) is 0 Å². The predicted octanol–water partition coefficient (Wildman–Crippen LogP) is 1.43. The SMILES string of the molecule is N1=NC2(N=N1)N=NC21N=NN=N1. The molecular weight excluding hydrogens is 164 g/mol. The van der Waals surface area contributed by atoms with Gasteiger partial charge in [-0.25, -0.2) is 0 Å². The molecule has 0 aromatic heterocycles. The van der Waals surface area contributed by atoms with Crippen LogP contribution in [0.1, 0.15) is 0 Å². The van der Waals surface area contributed by atoms with Crippen molar-refractivity contribution in [3.8, 4) is 0 Å². The van der Waals surface area contributed by atoms with Gasteiger partial charge in [-0.1, -0.05) is 0 Å². The molecule has 0 saturated heterocycles. The summed E-state index contributed by atoms with van der Waals surface area (Å²) in [6.07, 6.45) is 0. The van der Waals surface area contributed by atoms with Crippen molar-refractivity contribution in [3.05, 3.63) is 0 Å². The van der Waals surface area contributed by atoms with Gasteiger partial charge in [0, 0.05) is 0 Å². The van der Waals surface area contributed by atoms with Crippen LogP contribution in [0.25, 0.3) is 0 Å². The highest BCUT2D eigenvalue weighted by molar-refractivity contribution is 5.09. The second kappa shape index (κ2) is 1.44. The molecule has 0 aliphatic carbocycles. The number of rotatable bonds is 0. The smallest absolute Gasteiger partial charge is 0.123 e. The predicted molar refractivity (Wildman–Crippen MR) is 29.7 cm³/mol. The van der Waals surface area contributed by atoms with Gasteiger partial charge in [0.1, 0.15) is 0 Å². The van der Waals surface area contributed by atoms with Gasteiger partial charge in [0.15, 0.2) is 0 Å². The van der Waals surface area contributed by atoms with Gasteiger partial charge in [-0.2, -0.15) is 0 Å². The minimum atomic E-state index is -1.25. The lowest BCUT2D eigenvalue weighted by Gasteiger charge is -2.29. The highest BCUT2D eigenvalue weighted by atomic mass is 15.8. The molecule has 2 spiro atoms. The van der Waals surface area contributed by atoms with Crippen molar-refractivity contribution in [3.63, 3.8) is 0 Å². The normalized spacial score (nSPS) is 29.3. The van der Waals surface area contributed by atoms with Crippen LogP contribution < -0.4 is 0 Å². The van der Waals surface area contributed by atoms with E-state index in [4.69, 9.17) is 0 Å². The summed E-state index contributed by atoms with van der Waals surface area (Å²) in [5.41, 5.74) is 0. The third-order valence-corrected chi connectivity index (χ3v) is 1.60. The fraction of sp³-hybridized carbons (Fsp3) is 1.00. The molecule has 0 saturated carbocycles. The lowest BCUT2D eigenvalue weighted by Crippen LogP contribution is -2.50. The van der Waals surface area contributed by atoms with E-state index >= 15 is 0 Å². The lowest BCUT2D eigenvalue weighted by molar-refractivity contribution is 0.153. The van der Waals surface area contributed by atoms with Crippen molar-refractivity contribution in [2.24, 2.45) is 51.6 Å². The molecule has 0 aromatic carbocycles. The van der Waals surface area contributed by atoms with Crippen molar-refractivity contribution >= 4 is 0 Å². The zero-order valence-corrected chi connectivity index (χ0v) is 5.47. The van der Waals surface area contributed by atoms with Crippen molar-refractivity contribution in [1.82, 2.24) is 0 Å². The first-order chi connectivity index (χ1) is 5.87. The quantitative estimate of drug-likeness (QED) is 0.513. The average Bonchev–Trinajstić information content (AvgIpc) is 2.75. The number of fused-ring (bicyclic) bond motifs is 1. The molecule has 3 heterocycles. The van der Waals surface area contributed by atoms with E-state index < -0.39 is 11.6 Å². The summed E-state index contributed by atoms with van der Waals surface area (Å²) in [6.45, 7) is 0. The first-order valence-electron chi connectivity index (χ1n) is 2.99. The number of hydrogen-bond donors (Lipinski definition) is 0. The Labute approximate surface area is 64.3 Å². The zero-order chi connectivity index (χ0) is 8.07. The average molecular weight is 164 g/mol. The van der Waals surface area contributed by atoms with E-state index in [0.717, 1.165) is 0 Å². The van der Waals surface area contributed by atoms with Gasteiger partial charge in [0.05, 0.1) is 0 Å². The Balaban J connectivity index is 2.17. The summed E-state index contributed by atoms with van der Waals surface area (Å²) < 4.78 is 0. The highest BCUT2D eigenvalue weighted by Crippen LogP contribution is 2.48. The summed E-state index contributed by atoms with van der Waals surface area (Å²) in [5.74, 6) is -2.51. The van der Waals surface area contributed by atoms with Crippen LogP contribution in [0, 0.1) is 0 Å². The number of nitrogens with zero attached hydrogens (tertiary/aromatic N) is 10. The Hall–Kier alpha value is -2.00. The molecule has 0 aromatic rings. The van der Waals surface area contributed by atoms with Gasteiger partial charge >= 0.3 is 11.6 Å².